The van der Waals surface area contributed by atoms with Gasteiger partial charge < -0.3 is 29.7 Å². The molecule has 2 aliphatic heterocycles. The van der Waals surface area contributed by atoms with Gasteiger partial charge in [-0.1, -0.05) is 30.3 Å². The Balaban J connectivity index is 1.15. The van der Waals surface area contributed by atoms with Gasteiger partial charge in [0.1, 0.15) is 18.5 Å². The van der Waals surface area contributed by atoms with Crippen molar-refractivity contribution in [3.8, 4) is 5.75 Å². The summed E-state index contributed by atoms with van der Waals surface area (Å²) in [6.07, 6.45) is 3.95. The van der Waals surface area contributed by atoms with Crippen LogP contribution in [0.1, 0.15) is 29.9 Å². The van der Waals surface area contributed by atoms with E-state index in [0.29, 0.717) is 44.0 Å². The number of amides is 1. The Hall–Kier alpha value is -3.90. The molecule has 2 saturated heterocycles. The largest absolute Gasteiger partial charge is 0.484 e. The molecule has 3 aromatic rings. The van der Waals surface area contributed by atoms with E-state index in [0.717, 1.165) is 24.5 Å². The molecule has 9 nitrogen and oxygen atoms in total. The van der Waals surface area contributed by atoms with E-state index in [4.69, 9.17) is 19.9 Å². The Morgan fingerprint density at radius 1 is 1.02 bits per heavy atom. The number of hydrogen-bond donors (Lipinski definition) is 1. The third kappa shape index (κ3) is 6.93. The van der Waals surface area contributed by atoms with E-state index in [1.807, 2.05) is 30.3 Å². The first-order valence-corrected chi connectivity index (χ1v) is 13.9. The van der Waals surface area contributed by atoms with Crippen molar-refractivity contribution >= 4 is 12.0 Å². The fourth-order valence-corrected chi connectivity index (χ4v) is 5.55. The number of benzene rings is 2. The fraction of sp³-hybridized carbons (Fsp3) is 0.433. The second kappa shape index (κ2) is 13.4. The van der Waals surface area contributed by atoms with Crippen LogP contribution in [0.4, 0.5) is 23.9 Å². The summed E-state index contributed by atoms with van der Waals surface area (Å²) in [5.74, 6) is -2.77. The van der Waals surface area contributed by atoms with Crippen LogP contribution in [0.15, 0.2) is 54.9 Å². The number of aromatic nitrogens is 2. The quantitative estimate of drug-likeness (QED) is 0.372. The van der Waals surface area contributed by atoms with E-state index in [9.17, 15) is 18.0 Å². The second-order valence-electron chi connectivity index (χ2n) is 10.7. The van der Waals surface area contributed by atoms with Crippen LogP contribution in [-0.4, -0.2) is 73.0 Å². The summed E-state index contributed by atoms with van der Waals surface area (Å²) in [4.78, 5) is 24.9. The van der Waals surface area contributed by atoms with Gasteiger partial charge in [-0.15, -0.1) is 0 Å². The Morgan fingerprint density at radius 2 is 1.71 bits per heavy atom. The van der Waals surface area contributed by atoms with E-state index >= 15 is 0 Å². The van der Waals surface area contributed by atoms with Crippen molar-refractivity contribution in [2.24, 2.45) is 11.7 Å². The molecule has 3 atom stereocenters. The first kappa shape index (κ1) is 29.6. The molecule has 0 aliphatic carbocycles. The van der Waals surface area contributed by atoms with E-state index in [-0.39, 0.29) is 36.8 Å². The van der Waals surface area contributed by atoms with Gasteiger partial charge in [-0.25, -0.2) is 27.9 Å². The van der Waals surface area contributed by atoms with Gasteiger partial charge in [0.15, 0.2) is 17.4 Å². The first-order chi connectivity index (χ1) is 20.3. The molecule has 0 bridgehead atoms. The zero-order chi connectivity index (χ0) is 29.6. The maximum absolute atomic E-state index is 14.4. The molecule has 2 aliphatic rings. The summed E-state index contributed by atoms with van der Waals surface area (Å²) < 4.78 is 58.6. The lowest BCUT2D eigenvalue weighted by Gasteiger charge is -2.35. The summed E-state index contributed by atoms with van der Waals surface area (Å²) >= 11 is 0. The van der Waals surface area contributed by atoms with Crippen LogP contribution in [0, 0.1) is 23.4 Å². The number of piperidine rings is 1. The van der Waals surface area contributed by atoms with Crippen LogP contribution in [-0.2, 0) is 16.1 Å². The molecule has 42 heavy (non-hydrogen) atoms. The molecular formula is C30H34F3N5O4. The van der Waals surface area contributed by atoms with Crippen LogP contribution in [0.2, 0.25) is 0 Å². The molecule has 1 aromatic heterocycles. The molecule has 12 heteroatoms. The lowest BCUT2D eigenvalue weighted by Crippen LogP contribution is -2.44. The Morgan fingerprint density at radius 3 is 2.40 bits per heavy atom. The average Bonchev–Trinajstić information content (AvgIpc) is 3.39. The van der Waals surface area contributed by atoms with Crippen molar-refractivity contribution in [1.29, 1.82) is 0 Å². The van der Waals surface area contributed by atoms with Crippen molar-refractivity contribution in [3.05, 3.63) is 83.4 Å². The normalized spacial score (nSPS) is 20.0. The third-order valence-electron chi connectivity index (χ3n) is 7.85. The number of nitrogens with zero attached hydrogens (tertiary/aromatic N) is 4. The van der Waals surface area contributed by atoms with E-state index in [2.05, 4.69) is 9.97 Å². The smallest absolute Gasteiger partial charge is 0.410 e. The van der Waals surface area contributed by atoms with Crippen molar-refractivity contribution in [3.63, 3.8) is 0 Å². The number of hydrogen-bond acceptors (Lipinski definition) is 8. The SMILES string of the molecule is COC[C@H](Oc1cnc(N2C[C@H](c3cc(F)c(F)cc3F)[C@@H](N)C2)nc1)C1CCN(C(=O)OCc2ccccc2)CC1. The third-order valence-corrected chi connectivity index (χ3v) is 7.85. The molecule has 2 N–H and O–H groups in total. The highest BCUT2D eigenvalue weighted by Crippen LogP contribution is 2.32. The standard InChI is InChI=1S/C30H34F3N5O4/c1-40-18-28(20-7-9-37(10-8-20)30(39)41-17-19-5-3-2-4-6-19)42-21-13-35-29(36-14-21)38-15-23(27(34)16-38)22-11-25(32)26(33)12-24(22)31/h2-6,11-14,20,23,27-28H,7-10,15-18,34H2,1H3/t23-,27+,28+/m1/s1. The van der Waals surface area contributed by atoms with Crippen LogP contribution >= 0.6 is 0 Å². The van der Waals surface area contributed by atoms with Gasteiger partial charge in [0.25, 0.3) is 0 Å². The van der Waals surface area contributed by atoms with Gasteiger partial charge in [0.05, 0.1) is 19.0 Å². The van der Waals surface area contributed by atoms with Gasteiger partial charge in [-0.3, -0.25) is 0 Å². The fourth-order valence-electron chi connectivity index (χ4n) is 5.55. The number of carbonyl (C=O) groups excluding carboxylic acids is 1. The maximum Gasteiger partial charge on any atom is 0.410 e. The summed E-state index contributed by atoms with van der Waals surface area (Å²) in [5, 5.41) is 0. The van der Waals surface area contributed by atoms with Gasteiger partial charge in [0.2, 0.25) is 5.95 Å². The lowest BCUT2D eigenvalue weighted by atomic mass is 9.91. The predicted molar refractivity (Wildman–Crippen MR) is 148 cm³/mol. The average molecular weight is 586 g/mol. The van der Waals surface area contributed by atoms with E-state index in [1.54, 1.807) is 29.3 Å². The van der Waals surface area contributed by atoms with Crippen molar-refractivity contribution < 1.29 is 32.2 Å². The molecular weight excluding hydrogens is 551 g/mol. The molecule has 1 amide bonds. The Kier molecular flexibility index (Phi) is 9.43. The highest BCUT2D eigenvalue weighted by molar-refractivity contribution is 5.67. The molecule has 0 radical (unpaired) electrons. The number of carbonyl (C=O) groups is 1. The van der Waals surface area contributed by atoms with Crippen LogP contribution in [0.25, 0.3) is 0 Å². The zero-order valence-corrected chi connectivity index (χ0v) is 23.3. The minimum absolute atomic E-state index is 0.0294. The van der Waals surface area contributed by atoms with Crippen molar-refractivity contribution in [2.45, 2.75) is 37.5 Å². The van der Waals surface area contributed by atoms with Crippen molar-refractivity contribution in [1.82, 2.24) is 14.9 Å². The minimum Gasteiger partial charge on any atom is -0.484 e. The maximum atomic E-state index is 14.4. The molecule has 3 heterocycles. The number of methoxy groups -OCH3 is 1. The number of ether oxygens (including phenoxy) is 3. The zero-order valence-electron chi connectivity index (χ0n) is 23.3. The van der Waals surface area contributed by atoms with Crippen molar-refractivity contribution in [2.75, 3.05) is 44.8 Å². The van der Waals surface area contributed by atoms with Crippen LogP contribution < -0.4 is 15.4 Å². The number of anilines is 1. The molecule has 2 fully saturated rings. The summed E-state index contributed by atoms with van der Waals surface area (Å²) in [6.45, 7) is 2.26. The number of rotatable bonds is 9. The van der Waals surface area contributed by atoms with E-state index in [1.165, 1.54) is 0 Å². The summed E-state index contributed by atoms with van der Waals surface area (Å²) in [7, 11) is 1.61. The Labute approximate surface area is 242 Å². The monoisotopic (exact) mass is 585 g/mol. The first-order valence-electron chi connectivity index (χ1n) is 13.9. The molecule has 2 aromatic carbocycles. The van der Waals surface area contributed by atoms with Gasteiger partial charge in [-0.05, 0) is 30.0 Å². The minimum atomic E-state index is -1.24. The Bertz CT molecular complexity index is 1340. The molecule has 5 rings (SSSR count). The highest BCUT2D eigenvalue weighted by Gasteiger charge is 2.35. The molecule has 224 valence electrons. The van der Waals surface area contributed by atoms with Crippen LogP contribution in [0.5, 0.6) is 5.75 Å². The topological polar surface area (TPSA) is 103 Å². The van der Waals surface area contributed by atoms with Gasteiger partial charge in [0, 0.05) is 57.2 Å². The van der Waals surface area contributed by atoms with Gasteiger partial charge >= 0.3 is 6.09 Å². The van der Waals surface area contributed by atoms with Gasteiger partial charge in [-0.2, -0.15) is 0 Å². The second-order valence-corrected chi connectivity index (χ2v) is 10.7. The molecule has 0 spiro atoms. The number of likely N-dealkylation sites (tertiary alicyclic amines) is 1. The number of halogens is 3. The van der Waals surface area contributed by atoms with Crippen LogP contribution in [0.3, 0.4) is 0 Å². The highest BCUT2D eigenvalue weighted by atomic mass is 19.2. The summed E-state index contributed by atoms with van der Waals surface area (Å²) in [6, 6.07) is 10.4. The number of nitrogens with two attached hydrogens (primary N) is 1. The summed E-state index contributed by atoms with van der Waals surface area (Å²) in [5.41, 5.74) is 7.19. The lowest BCUT2D eigenvalue weighted by molar-refractivity contribution is 0.0150. The predicted octanol–water partition coefficient (Wildman–Crippen LogP) is 4.27. The van der Waals surface area contributed by atoms with E-state index < -0.39 is 29.4 Å². The molecule has 0 saturated carbocycles. The molecule has 0 unspecified atom stereocenters.